The number of aromatic nitrogens is 3. The summed E-state index contributed by atoms with van der Waals surface area (Å²) < 4.78 is 5.26. The van der Waals surface area contributed by atoms with E-state index in [0.29, 0.717) is 17.7 Å². The summed E-state index contributed by atoms with van der Waals surface area (Å²) in [5.41, 5.74) is 3.91. The van der Waals surface area contributed by atoms with E-state index < -0.39 is 5.66 Å². The number of hydrazone groups is 1. The normalized spacial score (nSPS) is 19.1. The Balaban J connectivity index is 1.71. The van der Waals surface area contributed by atoms with Crippen molar-refractivity contribution in [3.05, 3.63) is 41.7 Å². The molecule has 0 unspecified atom stereocenters. The van der Waals surface area contributed by atoms with Gasteiger partial charge in [0.15, 0.2) is 0 Å². The van der Waals surface area contributed by atoms with Gasteiger partial charge in [-0.05, 0) is 19.5 Å². The molecule has 0 aliphatic carbocycles. The van der Waals surface area contributed by atoms with Gasteiger partial charge in [-0.3, -0.25) is 10.3 Å². The summed E-state index contributed by atoms with van der Waals surface area (Å²) in [7, 11) is 3.67. The van der Waals surface area contributed by atoms with E-state index in [2.05, 4.69) is 42.4 Å². The van der Waals surface area contributed by atoms with E-state index in [0.717, 1.165) is 31.5 Å². The zero-order valence-corrected chi connectivity index (χ0v) is 16.3. The number of ether oxygens (including phenoxy) is 1. The van der Waals surface area contributed by atoms with Crippen LogP contribution >= 0.6 is 0 Å². The molecule has 0 atom stereocenters. The van der Waals surface area contributed by atoms with Crippen molar-refractivity contribution < 1.29 is 4.74 Å². The Kier molecular flexibility index (Phi) is 4.91. The van der Waals surface area contributed by atoms with Gasteiger partial charge in [0.05, 0.1) is 7.11 Å². The number of nitrogens with zero attached hydrogens (tertiary/aromatic N) is 7. The fraction of sp³-hybridized carbons (Fsp3) is 0.421. The van der Waals surface area contributed by atoms with Crippen LogP contribution < -0.4 is 15.1 Å². The Labute approximate surface area is 164 Å². The zero-order valence-electron chi connectivity index (χ0n) is 16.3. The maximum atomic E-state index is 5.26. The lowest BCUT2D eigenvalue weighted by atomic mass is 9.96. The average Bonchev–Trinajstić information content (AvgIpc) is 3.07. The lowest BCUT2D eigenvalue weighted by Gasteiger charge is -2.42. The number of nitrogens with one attached hydrogen (secondary N) is 1. The third kappa shape index (κ3) is 3.53. The minimum Gasteiger partial charge on any atom is -0.467 e. The molecular weight excluding hydrogens is 356 g/mol. The molecule has 9 nitrogen and oxygen atoms in total. The first-order valence-electron chi connectivity index (χ1n) is 9.29. The molecule has 1 saturated heterocycles. The summed E-state index contributed by atoms with van der Waals surface area (Å²) >= 11 is 0. The Bertz CT molecular complexity index is 890. The molecule has 1 spiro atoms. The molecule has 1 aromatic heterocycles. The fourth-order valence-corrected chi connectivity index (χ4v) is 3.44. The molecule has 2 aliphatic heterocycles. The molecule has 2 aromatic rings. The van der Waals surface area contributed by atoms with Crippen LogP contribution in [0, 0.1) is 6.92 Å². The van der Waals surface area contributed by atoms with E-state index in [9.17, 15) is 0 Å². The van der Waals surface area contributed by atoms with E-state index in [4.69, 9.17) is 4.74 Å². The van der Waals surface area contributed by atoms with E-state index in [1.54, 1.807) is 13.3 Å². The number of guanidine groups is 1. The van der Waals surface area contributed by atoms with Crippen LogP contribution in [0.2, 0.25) is 0 Å². The third-order valence-corrected chi connectivity index (χ3v) is 5.03. The van der Waals surface area contributed by atoms with Crippen molar-refractivity contribution in [1.82, 2.24) is 25.3 Å². The van der Waals surface area contributed by atoms with E-state index in [-0.39, 0.29) is 6.01 Å². The molecule has 9 heteroatoms. The second-order valence-electron chi connectivity index (χ2n) is 7.03. The first kappa shape index (κ1) is 18.3. The summed E-state index contributed by atoms with van der Waals surface area (Å²) in [6.45, 7) is 3.70. The summed E-state index contributed by atoms with van der Waals surface area (Å²) in [6, 6.07) is 10.2. The number of benzene rings is 1. The number of aryl methyl sites for hydroxylation is 1. The van der Waals surface area contributed by atoms with Crippen LogP contribution in [0.3, 0.4) is 0 Å². The van der Waals surface area contributed by atoms with Crippen LogP contribution in [0.25, 0.3) is 0 Å². The van der Waals surface area contributed by atoms with E-state index >= 15 is 0 Å². The highest BCUT2D eigenvalue weighted by Gasteiger charge is 2.47. The van der Waals surface area contributed by atoms with Crippen LogP contribution in [0.4, 0.5) is 5.95 Å². The molecule has 0 amide bonds. The van der Waals surface area contributed by atoms with Gasteiger partial charge >= 0.3 is 6.01 Å². The zero-order chi connectivity index (χ0) is 19.6. The van der Waals surface area contributed by atoms with Gasteiger partial charge in [0.2, 0.25) is 5.95 Å². The Morgan fingerprint density at radius 3 is 2.61 bits per heavy atom. The lowest BCUT2D eigenvalue weighted by Crippen LogP contribution is -2.60. The molecule has 2 aliphatic rings. The number of methoxy groups -OCH3 is 1. The predicted molar refractivity (Wildman–Crippen MR) is 108 cm³/mol. The van der Waals surface area contributed by atoms with Crippen LogP contribution in [0.5, 0.6) is 6.01 Å². The smallest absolute Gasteiger partial charge is 0.321 e. The highest BCUT2D eigenvalue weighted by atomic mass is 16.5. The lowest BCUT2D eigenvalue weighted by molar-refractivity contribution is 0.171. The molecule has 0 radical (unpaired) electrons. The van der Waals surface area contributed by atoms with Gasteiger partial charge in [0.1, 0.15) is 11.5 Å². The number of anilines is 1. The summed E-state index contributed by atoms with van der Waals surface area (Å²) in [6.07, 6.45) is 3.53. The van der Waals surface area contributed by atoms with Crippen LogP contribution in [-0.2, 0) is 0 Å². The topological polar surface area (TPSA) is 91.1 Å². The van der Waals surface area contributed by atoms with Crippen molar-refractivity contribution in [3.63, 3.8) is 0 Å². The average molecular weight is 380 g/mol. The molecule has 146 valence electrons. The largest absolute Gasteiger partial charge is 0.467 e. The SMILES string of the molecule is COc1nc(C)nc(N2C(/N=C/c3ccccc3)=NNC23CCN(C)CC3)n1. The van der Waals surface area contributed by atoms with Crippen molar-refractivity contribution in [2.75, 3.05) is 32.1 Å². The standard InChI is InChI=1S/C19H24N8O/c1-14-21-17(23-18(22-14)28-3)27-16(20-13-15-7-5-4-6-8-15)24-25-19(27)9-11-26(2)12-10-19/h4-8,13,25H,9-12H2,1-3H3/b20-13+. The molecule has 3 heterocycles. The van der Waals surface area contributed by atoms with Crippen LogP contribution in [-0.4, -0.2) is 64.9 Å². The van der Waals surface area contributed by atoms with Crippen molar-refractivity contribution >= 4 is 18.1 Å². The number of aliphatic imine (C=N–C) groups is 1. The van der Waals surface area contributed by atoms with Crippen LogP contribution in [0.1, 0.15) is 24.2 Å². The van der Waals surface area contributed by atoms with E-state index in [1.807, 2.05) is 42.2 Å². The highest BCUT2D eigenvalue weighted by molar-refractivity contribution is 6.03. The minimum absolute atomic E-state index is 0.281. The van der Waals surface area contributed by atoms with Gasteiger partial charge in [0.25, 0.3) is 5.96 Å². The predicted octanol–water partition coefficient (Wildman–Crippen LogP) is 1.41. The molecule has 1 aromatic carbocycles. The van der Waals surface area contributed by atoms with E-state index in [1.165, 1.54) is 0 Å². The number of likely N-dealkylation sites (tertiary alicyclic amines) is 1. The number of hydrogen-bond acceptors (Lipinski definition) is 9. The maximum Gasteiger partial charge on any atom is 0.321 e. The summed E-state index contributed by atoms with van der Waals surface area (Å²) in [5, 5.41) is 4.53. The van der Waals surface area contributed by atoms with Gasteiger partial charge in [-0.25, -0.2) is 4.99 Å². The molecule has 1 N–H and O–H groups in total. The molecule has 4 rings (SSSR count). The molecule has 1 fully saturated rings. The van der Waals surface area contributed by atoms with Crippen molar-refractivity contribution in [3.8, 4) is 6.01 Å². The minimum atomic E-state index is -0.408. The second-order valence-corrected chi connectivity index (χ2v) is 7.03. The highest BCUT2D eigenvalue weighted by Crippen LogP contribution is 2.33. The second kappa shape index (κ2) is 7.51. The Morgan fingerprint density at radius 1 is 1.14 bits per heavy atom. The molecule has 28 heavy (non-hydrogen) atoms. The molecular formula is C19H24N8O. The summed E-state index contributed by atoms with van der Waals surface area (Å²) in [5.74, 6) is 1.60. The monoisotopic (exact) mass is 380 g/mol. The van der Waals surface area contributed by atoms with Gasteiger partial charge in [-0.15, -0.1) is 5.10 Å². The number of hydrogen-bond donors (Lipinski definition) is 1. The first-order chi connectivity index (χ1) is 13.6. The Hall–Kier alpha value is -3.07. The van der Waals surface area contributed by atoms with Gasteiger partial charge < -0.3 is 9.64 Å². The maximum absolute atomic E-state index is 5.26. The molecule has 0 bridgehead atoms. The number of piperidine rings is 1. The fourth-order valence-electron chi connectivity index (χ4n) is 3.44. The van der Waals surface area contributed by atoms with Crippen molar-refractivity contribution in [2.45, 2.75) is 25.4 Å². The quantitative estimate of drug-likeness (QED) is 0.805. The number of rotatable bonds is 3. The van der Waals surface area contributed by atoms with Crippen LogP contribution in [0.15, 0.2) is 40.4 Å². The Morgan fingerprint density at radius 2 is 1.89 bits per heavy atom. The van der Waals surface area contributed by atoms with Gasteiger partial charge in [0, 0.05) is 32.1 Å². The first-order valence-corrected chi connectivity index (χ1v) is 9.29. The van der Waals surface area contributed by atoms with Crippen molar-refractivity contribution in [1.29, 1.82) is 0 Å². The van der Waals surface area contributed by atoms with Crippen molar-refractivity contribution in [2.24, 2.45) is 10.1 Å². The third-order valence-electron chi connectivity index (χ3n) is 5.03. The molecule has 0 saturated carbocycles. The van der Waals surface area contributed by atoms with Gasteiger partial charge in [-0.2, -0.15) is 15.0 Å². The van der Waals surface area contributed by atoms with Gasteiger partial charge in [-0.1, -0.05) is 30.3 Å². The summed E-state index contributed by atoms with van der Waals surface area (Å²) in [4.78, 5) is 22.2.